The van der Waals surface area contributed by atoms with Crippen LogP contribution in [-0.4, -0.2) is 25.0 Å². The third-order valence-corrected chi connectivity index (χ3v) is 5.16. The number of rotatable bonds is 1. The van der Waals surface area contributed by atoms with E-state index in [0.29, 0.717) is 25.0 Å². The largest absolute Gasteiger partial charge is 0.347 e. The lowest BCUT2D eigenvalue weighted by Gasteiger charge is -2.33. The topological polar surface area (TPSA) is 44.5 Å². The van der Waals surface area contributed by atoms with Gasteiger partial charge in [0.15, 0.2) is 5.79 Å². The highest BCUT2D eigenvalue weighted by molar-refractivity contribution is 5.31. The van der Waals surface area contributed by atoms with Gasteiger partial charge in [-0.05, 0) is 36.8 Å². The normalized spacial score (nSPS) is 40.4. The van der Waals surface area contributed by atoms with Crippen molar-refractivity contribution in [1.29, 1.82) is 0 Å². The molecule has 1 aliphatic heterocycles. The SMILES string of the molecule is NCC1COC2(O1)C1CCC2Cc2ccccc2C1. The van der Waals surface area contributed by atoms with Gasteiger partial charge < -0.3 is 15.2 Å². The van der Waals surface area contributed by atoms with Crippen molar-refractivity contribution in [3.05, 3.63) is 35.4 Å². The Morgan fingerprint density at radius 3 is 2.26 bits per heavy atom. The number of nitrogens with two attached hydrogens (primary N) is 1. The first kappa shape index (κ1) is 11.9. The van der Waals surface area contributed by atoms with Crippen molar-refractivity contribution in [1.82, 2.24) is 0 Å². The zero-order chi connectivity index (χ0) is 12.9. The van der Waals surface area contributed by atoms with Crippen LogP contribution in [0.3, 0.4) is 0 Å². The summed E-state index contributed by atoms with van der Waals surface area (Å²) in [5, 5.41) is 0. The zero-order valence-electron chi connectivity index (χ0n) is 11.2. The van der Waals surface area contributed by atoms with Gasteiger partial charge in [-0.1, -0.05) is 24.3 Å². The summed E-state index contributed by atoms with van der Waals surface area (Å²) in [7, 11) is 0. The number of hydrogen-bond acceptors (Lipinski definition) is 3. The summed E-state index contributed by atoms with van der Waals surface area (Å²) in [5.41, 5.74) is 8.72. The Kier molecular flexibility index (Phi) is 2.69. The highest BCUT2D eigenvalue weighted by Crippen LogP contribution is 2.52. The Morgan fingerprint density at radius 2 is 1.74 bits per heavy atom. The van der Waals surface area contributed by atoms with Gasteiger partial charge in [0.2, 0.25) is 0 Å². The number of hydrogen-bond donors (Lipinski definition) is 1. The molecule has 102 valence electrons. The van der Waals surface area contributed by atoms with Gasteiger partial charge in [0, 0.05) is 18.4 Å². The van der Waals surface area contributed by atoms with E-state index in [0.717, 1.165) is 12.8 Å². The standard InChI is InChI=1S/C16H21NO2/c17-9-15-10-18-16(19-15)13-5-6-14(16)8-12-4-2-1-3-11(12)7-13/h1-4,13-15H,5-10,17H2. The Hall–Kier alpha value is -0.900. The molecule has 1 aromatic carbocycles. The Balaban J connectivity index is 1.70. The molecule has 1 heterocycles. The average molecular weight is 259 g/mol. The number of ether oxygens (including phenoxy) is 2. The number of benzene rings is 1. The van der Waals surface area contributed by atoms with Gasteiger partial charge in [-0.3, -0.25) is 0 Å². The van der Waals surface area contributed by atoms with E-state index in [1.807, 2.05) is 0 Å². The minimum Gasteiger partial charge on any atom is -0.347 e. The predicted molar refractivity (Wildman–Crippen MR) is 72.7 cm³/mol. The lowest BCUT2D eigenvalue weighted by atomic mass is 9.93. The second-order valence-electron chi connectivity index (χ2n) is 6.16. The summed E-state index contributed by atoms with van der Waals surface area (Å²) < 4.78 is 12.5. The molecule has 1 saturated heterocycles. The Labute approximate surface area is 114 Å². The molecule has 2 aliphatic carbocycles. The van der Waals surface area contributed by atoms with Crippen LogP contribution in [0.15, 0.2) is 24.3 Å². The van der Waals surface area contributed by atoms with E-state index >= 15 is 0 Å². The third-order valence-electron chi connectivity index (χ3n) is 5.16. The van der Waals surface area contributed by atoms with Crippen molar-refractivity contribution in [2.45, 2.75) is 37.6 Å². The fraction of sp³-hybridized carbons (Fsp3) is 0.625. The highest BCUT2D eigenvalue weighted by atomic mass is 16.7. The van der Waals surface area contributed by atoms with Crippen molar-refractivity contribution < 1.29 is 9.47 Å². The van der Waals surface area contributed by atoms with E-state index in [1.165, 1.54) is 24.0 Å². The molecule has 19 heavy (non-hydrogen) atoms. The minimum atomic E-state index is -0.344. The molecule has 2 bridgehead atoms. The molecule has 3 atom stereocenters. The quantitative estimate of drug-likeness (QED) is 0.837. The summed E-state index contributed by atoms with van der Waals surface area (Å²) in [6.45, 7) is 1.23. The molecule has 0 amide bonds. The van der Waals surface area contributed by atoms with Crippen LogP contribution in [-0.2, 0) is 22.3 Å². The second-order valence-corrected chi connectivity index (χ2v) is 6.16. The second kappa shape index (κ2) is 4.30. The monoisotopic (exact) mass is 259 g/mol. The van der Waals surface area contributed by atoms with Gasteiger partial charge in [0.05, 0.1) is 12.7 Å². The minimum absolute atomic E-state index is 0.0873. The Bertz CT molecular complexity index is 454. The van der Waals surface area contributed by atoms with Crippen molar-refractivity contribution in [2.75, 3.05) is 13.2 Å². The van der Waals surface area contributed by atoms with Crippen molar-refractivity contribution in [3.8, 4) is 0 Å². The van der Waals surface area contributed by atoms with Gasteiger partial charge in [0.1, 0.15) is 0 Å². The van der Waals surface area contributed by atoms with Crippen molar-refractivity contribution in [3.63, 3.8) is 0 Å². The molecule has 2 N–H and O–H groups in total. The van der Waals surface area contributed by atoms with E-state index in [4.69, 9.17) is 15.2 Å². The summed E-state index contributed by atoms with van der Waals surface area (Å²) in [6.07, 6.45) is 4.70. The maximum absolute atomic E-state index is 6.29. The molecule has 1 saturated carbocycles. The molecule has 3 aliphatic rings. The molecule has 3 nitrogen and oxygen atoms in total. The van der Waals surface area contributed by atoms with Crippen molar-refractivity contribution >= 4 is 0 Å². The summed E-state index contributed by atoms with van der Waals surface area (Å²) >= 11 is 0. The van der Waals surface area contributed by atoms with E-state index in [1.54, 1.807) is 0 Å². The van der Waals surface area contributed by atoms with Gasteiger partial charge in [-0.25, -0.2) is 0 Å². The van der Waals surface area contributed by atoms with Crippen LogP contribution >= 0.6 is 0 Å². The van der Waals surface area contributed by atoms with Crippen molar-refractivity contribution in [2.24, 2.45) is 17.6 Å². The molecule has 1 aromatic rings. The van der Waals surface area contributed by atoms with Crippen LogP contribution in [0.25, 0.3) is 0 Å². The molecule has 3 heteroatoms. The molecule has 4 rings (SSSR count). The van der Waals surface area contributed by atoms with Gasteiger partial charge in [0.25, 0.3) is 0 Å². The smallest absolute Gasteiger partial charge is 0.175 e. The fourth-order valence-electron chi connectivity index (χ4n) is 4.21. The fourth-order valence-corrected chi connectivity index (χ4v) is 4.21. The number of fused-ring (bicyclic) bond motifs is 1. The average Bonchev–Trinajstić information content (AvgIpc) is 2.94. The summed E-state index contributed by atoms with van der Waals surface area (Å²) in [5.74, 6) is 0.652. The maximum atomic E-state index is 6.29. The molecule has 2 fully saturated rings. The first-order valence-electron chi connectivity index (χ1n) is 7.40. The molecule has 0 radical (unpaired) electrons. The molecule has 1 spiro atoms. The van der Waals surface area contributed by atoms with E-state index in [-0.39, 0.29) is 11.9 Å². The first-order chi connectivity index (χ1) is 9.32. The van der Waals surface area contributed by atoms with Crippen LogP contribution in [0.1, 0.15) is 24.0 Å². The van der Waals surface area contributed by atoms with Crippen LogP contribution < -0.4 is 5.73 Å². The van der Waals surface area contributed by atoms with E-state index in [2.05, 4.69) is 24.3 Å². The van der Waals surface area contributed by atoms with Crippen LogP contribution in [0.2, 0.25) is 0 Å². The van der Waals surface area contributed by atoms with Crippen LogP contribution in [0.5, 0.6) is 0 Å². The summed E-state index contributed by atoms with van der Waals surface area (Å²) in [4.78, 5) is 0. The third kappa shape index (κ3) is 1.69. The predicted octanol–water partition coefficient (Wildman–Crippen LogP) is 1.88. The highest BCUT2D eigenvalue weighted by Gasteiger charge is 2.57. The lowest BCUT2D eigenvalue weighted by Crippen LogP contribution is -2.42. The van der Waals surface area contributed by atoms with Gasteiger partial charge >= 0.3 is 0 Å². The van der Waals surface area contributed by atoms with Crippen LogP contribution in [0, 0.1) is 11.8 Å². The Morgan fingerprint density at radius 1 is 1.11 bits per heavy atom. The van der Waals surface area contributed by atoms with E-state index < -0.39 is 0 Å². The van der Waals surface area contributed by atoms with E-state index in [9.17, 15) is 0 Å². The molecular weight excluding hydrogens is 238 g/mol. The molecule has 3 unspecified atom stereocenters. The lowest BCUT2D eigenvalue weighted by molar-refractivity contribution is -0.215. The van der Waals surface area contributed by atoms with Crippen LogP contribution in [0.4, 0.5) is 0 Å². The zero-order valence-corrected chi connectivity index (χ0v) is 11.2. The molecular formula is C16H21NO2. The molecule has 0 aromatic heterocycles. The van der Waals surface area contributed by atoms with Gasteiger partial charge in [-0.2, -0.15) is 0 Å². The summed E-state index contributed by atoms with van der Waals surface area (Å²) in [6, 6.07) is 8.81. The first-order valence-corrected chi connectivity index (χ1v) is 7.40. The van der Waals surface area contributed by atoms with Gasteiger partial charge in [-0.15, -0.1) is 0 Å². The maximum Gasteiger partial charge on any atom is 0.175 e.